The van der Waals surface area contributed by atoms with Gasteiger partial charge in [-0.3, -0.25) is 15.1 Å². The molecule has 152 valence electrons. The number of nitro benzene ring substituents is 1. The molecule has 0 bridgehead atoms. The van der Waals surface area contributed by atoms with E-state index in [-0.39, 0.29) is 22.9 Å². The second kappa shape index (κ2) is 7.69. The fourth-order valence-corrected chi connectivity index (χ4v) is 6.70. The number of hydrogen-bond donors (Lipinski definition) is 0. The van der Waals surface area contributed by atoms with Gasteiger partial charge in [0.2, 0.25) is 0 Å². The van der Waals surface area contributed by atoms with Crippen molar-refractivity contribution in [2.45, 2.75) is 17.8 Å². The van der Waals surface area contributed by atoms with Crippen molar-refractivity contribution in [1.29, 1.82) is 0 Å². The number of halogens is 2. The first-order valence-corrected chi connectivity index (χ1v) is 12.2. The van der Waals surface area contributed by atoms with Crippen molar-refractivity contribution < 1.29 is 17.7 Å². The first-order valence-electron chi connectivity index (χ1n) is 8.62. The summed E-state index contributed by atoms with van der Waals surface area (Å²) in [6, 6.07) is 9.97. The van der Waals surface area contributed by atoms with E-state index in [0.29, 0.717) is 15.4 Å². The minimum absolute atomic E-state index is 0.00950. The molecule has 0 aromatic heterocycles. The topological polar surface area (TPSA) is 92.9 Å². The van der Waals surface area contributed by atoms with Gasteiger partial charge < -0.3 is 4.90 Å². The van der Waals surface area contributed by atoms with E-state index in [1.54, 1.807) is 29.2 Å². The van der Waals surface area contributed by atoms with Gasteiger partial charge in [0.25, 0.3) is 5.69 Å². The van der Waals surface area contributed by atoms with Crippen molar-refractivity contribution in [3.63, 3.8) is 0 Å². The van der Waals surface area contributed by atoms with E-state index in [0.717, 1.165) is 5.56 Å². The minimum atomic E-state index is -3.22. The average molecular weight is 500 g/mol. The van der Waals surface area contributed by atoms with Gasteiger partial charge in [-0.25, -0.2) is 12.8 Å². The Morgan fingerprint density at radius 2 is 1.97 bits per heavy atom. The van der Waals surface area contributed by atoms with Crippen LogP contribution < -0.4 is 4.90 Å². The van der Waals surface area contributed by atoms with E-state index >= 15 is 0 Å². The molecule has 1 saturated heterocycles. The van der Waals surface area contributed by atoms with Crippen molar-refractivity contribution >= 4 is 54.1 Å². The molecular formula is C18H15BrFN3O4S2. The lowest BCUT2D eigenvalue weighted by Gasteiger charge is -2.27. The van der Waals surface area contributed by atoms with Gasteiger partial charge in [-0.15, -0.1) is 0 Å². The number of non-ortho nitro benzene ring substituents is 1. The number of nitro groups is 1. The Kier molecular flexibility index (Phi) is 5.38. The first-order chi connectivity index (χ1) is 13.7. The molecule has 0 radical (unpaired) electrons. The van der Waals surface area contributed by atoms with Crippen LogP contribution in [-0.4, -0.2) is 42.1 Å². The van der Waals surface area contributed by atoms with Gasteiger partial charge >= 0.3 is 0 Å². The number of fused-ring (bicyclic) bond motifs is 1. The molecule has 2 atom stereocenters. The third kappa shape index (κ3) is 4.17. The summed E-state index contributed by atoms with van der Waals surface area (Å²) in [6.45, 7) is 0. The third-order valence-corrected chi connectivity index (χ3v) is 8.02. The van der Waals surface area contributed by atoms with Gasteiger partial charge in [-0.2, -0.15) is 0 Å². The molecular weight excluding hydrogens is 485 g/mol. The number of nitrogens with zero attached hydrogens (tertiary/aromatic N) is 3. The molecule has 2 aliphatic heterocycles. The van der Waals surface area contributed by atoms with Crippen LogP contribution >= 0.6 is 27.7 Å². The second-order valence-corrected chi connectivity index (χ2v) is 10.8. The number of thioether (sulfide) groups is 1. The highest BCUT2D eigenvalue weighted by atomic mass is 79.9. The van der Waals surface area contributed by atoms with Crippen LogP contribution in [0.15, 0.2) is 51.9 Å². The Bertz CT molecular complexity index is 1110. The first kappa shape index (κ1) is 20.3. The van der Waals surface area contributed by atoms with Crippen molar-refractivity contribution in [2.24, 2.45) is 4.99 Å². The average Bonchev–Trinajstić information content (AvgIpc) is 3.12. The minimum Gasteiger partial charge on any atom is -0.312 e. The van der Waals surface area contributed by atoms with Gasteiger partial charge in [0.15, 0.2) is 15.0 Å². The second-order valence-electron chi connectivity index (χ2n) is 6.80. The summed E-state index contributed by atoms with van der Waals surface area (Å²) in [5, 5.41) is 11.3. The van der Waals surface area contributed by atoms with Crippen LogP contribution in [0.3, 0.4) is 0 Å². The SMILES string of the molecule is O=[N+]([O-])c1ccc(CSC2=N[C@H]3CS(=O)(=O)C[C@H]3N2c2ccc(Br)cc2F)cc1. The van der Waals surface area contributed by atoms with Crippen molar-refractivity contribution in [3.05, 3.63) is 68.4 Å². The molecule has 0 spiro atoms. The molecule has 0 amide bonds. The Labute approximate surface area is 179 Å². The van der Waals surface area contributed by atoms with Crippen molar-refractivity contribution in [2.75, 3.05) is 16.4 Å². The molecule has 2 aliphatic rings. The summed E-state index contributed by atoms with van der Waals surface area (Å²) < 4.78 is 39.4. The molecule has 0 N–H and O–H groups in total. The number of hydrogen-bond acceptors (Lipinski definition) is 7. The largest absolute Gasteiger partial charge is 0.312 e. The molecule has 2 aromatic carbocycles. The molecule has 4 rings (SSSR count). The van der Waals surface area contributed by atoms with E-state index in [4.69, 9.17) is 0 Å². The van der Waals surface area contributed by atoms with Crippen LogP contribution in [0.4, 0.5) is 15.8 Å². The van der Waals surface area contributed by atoms with Crippen LogP contribution in [0.25, 0.3) is 0 Å². The lowest BCUT2D eigenvalue weighted by molar-refractivity contribution is -0.384. The van der Waals surface area contributed by atoms with E-state index in [9.17, 15) is 22.9 Å². The van der Waals surface area contributed by atoms with Crippen LogP contribution in [0, 0.1) is 15.9 Å². The highest BCUT2D eigenvalue weighted by Gasteiger charge is 2.47. The van der Waals surface area contributed by atoms with E-state index in [1.807, 2.05) is 0 Å². The zero-order valence-electron chi connectivity index (χ0n) is 14.9. The number of rotatable bonds is 4. The summed E-state index contributed by atoms with van der Waals surface area (Å²) >= 11 is 4.59. The molecule has 11 heteroatoms. The molecule has 2 aromatic rings. The number of amidine groups is 1. The zero-order chi connectivity index (χ0) is 20.8. The van der Waals surface area contributed by atoms with E-state index in [1.165, 1.54) is 30.0 Å². The van der Waals surface area contributed by atoms with Crippen molar-refractivity contribution in [3.8, 4) is 0 Å². The summed E-state index contributed by atoms with van der Waals surface area (Å²) in [7, 11) is -3.22. The maximum absolute atomic E-state index is 14.7. The number of anilines is 1. The fraction of sp³-hybridized carbons (Fsp3) is 0.278. The zero-order valence-corrected chi connectivity index (χ0v) is 18.1. The molecule has 1 fully saturated rings. The van der Waals surface area contributed by atoms with Crippen LogP contribution in [0.5, 0.6) is 0 Å². The van der Waals surface area contributed by atoms with Gasteiger partial charge in [-0.05, 0) is 23.8 Å². The lowest BCUT2D eigenvalue weighted by Crippen LogP contribution is -2.39. The maximum Gasteiger partial charge on any atom is 0.269 e. The quantitative estimate of drug-likeness (QED) is 0.469. The summed E-state index contributed by atoms with van der Waals surface area (Å²) in [6.07, 6.45) is 0. The standard InChI is InChI=1S/C18H15BrFN3O4S2/c19-12-3-6-16(14(20)7-12)22-17-10-29(26,27)9-15(17)21-18(22)28-8-11-1-4-13(5-2-11)23(24)25/h1-7,15,17H,8-10H2/t15-,17+/m0/s1. The molecule has 0 aliphatic carbocycles. The molecule has 2 heterocycles. The molecule has 29 heavy (non-hydrogen) atoms. The number of benzene rings is 2. The molecule has 0 unspecified atom stereocenters. The van der Waals surface area contributed by atoms with E-state index in [2.05, 4.69) is 20.9 Å². The monoisotopic (exact) mass is 499 g/mol. The summed E-state index contributed by atoms with van der Waals surface area (Å²) in [5.74, 6) is -0.114. The Morgan fingerprint density at radius 3 is 2.62 bits per heavy atom. The number of sulfone groups is 1. The molecule has 7 nitrogen and oxygen atoms in total. The molecule has 0 saturated carbocycles. The van der Waals surface area contributed by atoms with Crippen molar-refractivity contribution in [1.82, 2.24) is 0 Å². The van der Waals surface area contributed by atoms with Gasteiger partial charge in [-0.1, -0.05) is 39.8 Å². The van der Waals surface area contributed by atoms with Crippen LogP contribution in [0.1, 0.15) is 5.56 Å². The van der Waals surface area contributed by atoms with Gasteiger partial charge in [0, 0.05) is 22.4 Å². The predicted octanol–water partition coefficient (Wildman–Crippen LogP) is 3.77. The summed E-state index contributed by atoms with van der Waals surface area (Å²) in [5.41, 5.74) is 1.15. The fourth-order valence-electron chi connectivity index (χ4n) is 3.45. The van der Waals surface area contributed by atoms with Crippen LogP contribution in [0.2, 0.25) is 0 Å². The predicted molar refractivity (Wildman–Crippen MR) is 115 cm³/mol. The third-order valence-electron chi connectivity index (χ3n) is 4.79. The number of aliphatic imine (C=N–C) groups is 1. The smallest absolute Gasteiger partial charge is 0.269 e. The van der Waals surface area contributed by atoms with Gasteiger partial charge in [0.1, 0.15) is 5.82 Å². The lowest BCUT2D eigenvalue weighted by atomic mass is 10.1. The highest BCUT2D eigenvalue weighted by Crippen LogP contribution is 2.37. The Hall–Kier alpha value is -1.98. The van der Waals surface area contributed by atoms with E-state index < -0.39 is 32.7 Å². The Morgan fingerprint density at radius 1 is 1.24 bits per heavy atom. The maximum atomic E-state index is 14.7. The summed E-state index contributed by atoms with van der Waals surface area (Å²) in [4.78, 5) is 16.6. The Balaban J connectivity index is 1.60. The van der Waals surface area contributed by atoms with Crippen LogP contribution in [-0.2, 0) is 15.6 Å². The highest BCUT2D eigenvalue weighted by molar-refractivity contribution is 9.10. The normalized spacial score (nSPS) is 22.4. The van der Waals surface area contributed by atoms with Gasteiger partial charge in [0.05, 0.1) is 34.2 Å².